The molecule has 1 heterocycles. The van der Waals surface area contributed by atoms with E-state index in [2.05, 4.69) is 10.2 Å². The van der Waals surface area contributed by atoms with Crippen molar-refractivity contribution in [3.63, 3.8) is 0 Å². The lowest BCUT2D eigenvalue weighted by atomic mass is 9.85. The molecule has 0 radical (unpaired) electrons. The van der Waals surface area contributed by atoms with Gasteiger partial charge in [-0.25, -0.2) is 4.39 Å². The average Bonchev–Trinajstić information content (AvgIpc) is 2.37. The van der Waals surface area contributed by atoms with Gasteiger partial charge in [0.15, 0.2) is 0 Å². The average molecular weight is 278 g/mol. The molecule has 0 bridgehead atoms. The van der Waals surface area contributed by atoms with E-state index in [1.54, 1.807) is 6.07 Å². The van der Waals surface area contributed by atoms with Gasteiger partial charge in [-0.05, 0) is 31.0 Å². The minimum atomic E-state index is -0.328. The van der Waals surface area contributed by atoms with Crippen LogP contribution in [0.15, 0.2) is 18.2 Å². The number of carbonyl (C=O) groups excluding carboxylic acids is 1. The van der Waals surface area contributed by atoms with Crippen LogP contribution in [-0.4, -0.2) is 32.2 Å². The molecule has 1 N–H and O–H groups in total. The lowest BCUT2D eigenvalue weighted by molar-refractivity contribution is -0.122. The predicted octanol–water partition coefficient (Wildman–Crippen LogP) is 2.40. The second-order valence-corrected chi connectivity index (χ2v) is 5.38. The number of anilines is 2. The standard InChI is InChI=1S/C15H19FN2O2/c16-12-4-5-14(18-6-8-20-9-7-18)13(10-12)17-15(19)11-2-1-3-11/h4-5,10-11H,1-3,6-9H2,(H,17,19). The minimum Gasteiger partial charge on any atom is -0.378 e. The Morgan fingerprint density at radius 2 is 2.05 bits per heavy atom. The molecule has 2 fully saturated rings. The van der Waals surface area contributed by atoms with Crippen LogP contribution in [0.3, 0.4) is 0 Å². The summed E-state index contributed by atoms with van der Waals surface area (Å²) in [7, 11) is 0. The summed E-state index contributed by atoms with van der Waals surface area (Å²) in [5, 5.41) is 2.89. The molecule has 1 amide bonds. The summed E-state index contributed by atoms with van der Waals surface area (Å²) in [4.78, 5) is 14.2. The van der Waals surface area contributed by atoms with E-state index in [1.807, 2.05) is 0 Å². The van der Waals surface area contributed by atoms with Gasteiger partial charge in [0.05, 0.1) is 24.6 Å². The Labute approximate surface area is 117 Å². The monoisotopic (exact) mass is 278 g/mol. The largest absolute Gasteiger partial charge is 0.378 e. The second kappa shape index (κ2) is 5.79. The highest BCUT2D eigenvalue weighted by atomic mass is 19.1. The molecule has 0 atom stereocenters. The Bertz CT molecular complexity index is 497. The smallest absolute Gasteiger partial charge is 0.227 e. The van der Waals surface area contributed by atoms with Gasteiger partial charge >= 0.3 is 0 Å². The summed E-state index contributed by atoms with van der Waals surface area (Å²) in [6.45, 7) is 2.84. The van der Waals surface area contributed by atoms with E-state index in [4.69, 9.17) is 4.74 Å². The molecule has 0 unspecified atom stereocenters. The first-order valence-corrected chi connectivity index (χ1v) is 7.17. The fourth-order valence-corrected chi connectivity index (χ4v) is 2.59. The lowest BCUT2D eigenvalue weighted by Gasteiger charge is -2.31. The highest BCUT2D eigenvalue weighted by molar-refractivity contribution is 5.96. The third-order valence-electron chi connectivity index (χ3n) is 4.04. The number of amides is 1. The van der Waals surface area contributed by atoms with Gasteiger partial charge in [0.2, 0.25) is 5.91 Å². The van der Waals surface area contributed by atoms with Crippen molar-refractivity contribution in [1.82, 2.24) is 0 Å². The minimum absolute atomic E-state index is 0.0105. The number of rotatable bonds is 3. The van der Waals surface area contributed by atoms with E-state index in [9.17, 15) is 9.18 Å². The van der Waals surface area contributed by atoms with E-state index in [0.29, 0.717) is 18.9 Å². The molecule has 1 aromatic rings. The lowest BCUT2D eigenvalue weighted by Crippen LogP contribution is -2.37. The molecule has 5 heteroatoms. The number of halogens is 1. The van der Waals surface area contributed by atoms with Crippen LogP contribution in [0.2, 0.25) is 0 Å². The Hall–Kier alpha value is -1.62. The summed E-state index contributed by atoms with van der Waals surface area (Å²) in [5.41, 5.74) is 1.45. The summed E-state index contributed by atoms with van der Waals surface area (Å²) in [6.07, 6.45) is 2.99. The number of nitrogens with one attached hydrogen (secondary N) is 1. The molecule has 1 aliphatic heterocycles. The van der Waals surface area contributed by atoms with Gasteiger partial charge in [0, 0.05) is 19.0 Å². The summed E-state index contributed by atoms with van der Waals surface area (Å²) in [5.74, 6) is -0.224. The predicted molar refractivity (Wildman–Crippen MR) is 75.4 cm³/mol. The summed E-state index contributed by atoms with van der Waals surface area (Å²) >= 11 is 0. The number of benzene rings is 1. The number of hydrogen-bond acceptors (Lipinski definition) is 3. The topological polar surface area (TPSA) is 41.6 Å². The Morgan fingerprint density at radius 1 is 1.30 bits per heavy atom. The van der Waals surface area contributed by atoms with Crippen LogP contribution in [0.25, 0.3) is 0 Å². The molecule has 108 valence electrons. The molecule has 1 aromatic carbocycles. The van der Waals surface area contributed by atoms with Crippen molar-refractivity contribution in [2.75, 3.05) is 36.5 Å². The Morgan fingerprint density at radius 3 is 2.70 bits per heavy atom. The van der Waals surface area contributed by atoms with Gasteiger partial charge in [-0.1, -0.05) is 6.42 Å². The highest BCUT2D eigenvalue weighted by Gasteiger charge is 2.26. The first kappa shape index (κ1) is 13.4. The van der Waals surface area contributed by atoms with Crippen molar-refractivity contribution in [2.24, 2.45) is 5.92 Å². The van der Waals surface area contributed by atoms with Crippen molar-refractivity contribution in [3.05, 3.63) is 24.0 Å². The van der Waals surface area contributed by atoms with Crippen molar-refractivity contribution < 1.29 is 13.9 Å². The fourth-order valence-electron chi connectivity index (χ4n) is 2.59. The zero-order chi connectivity index (χ0) is 13.9. The van der Waals surface area contributed by atoms with Crippen LogP contribution in [0, 0.1) is 11.7 Å². The molecular weight excluding hydrogens is 259 g/mol. The van der Waals surface area contributed by atoms with Crippen LogP contribution in [0.1, 0.15) is 19.3 Å². The van der Waals surface area contributed by atoms with Gasteiger partial charge < -0.3 is 15.0 Å². The van der Waals surface area contributed by atoms with Crippen LogP contribution in [0.4, 0.5) is 15.8 Å². The molecule has 1 saturated carbocycles. The number of nitrogens with zero attached hydrogens (tertiary/aromatic N) is 1. The molecule has 1 aliphatic carbocycles. The van der Waals surface area contributed by atoms with Crippen molar-refractivity contribution in [3.8, 4) is 0 Å². The maximum Gasteiger partial charge on any atom is 0.227 e. The zero-order valence-electron chi connectivity index (χ0n) is 11.4. The van der Waals surface area contributed by atoms with E-state index in [-0.39, 0.29) is 17.6 Å². The van der Waals surface area contributed by atoms with E-state index in [1.165, 1.54) is 12.1 Å². The first-order valence-electron chi connectivity index (χ1n) is 7.17. The van der Waals surface area contributed by atoms with Crippen LogP contribution in [-0.2, 0) is 9.53 Å². The van der Waals surface area contributed by atoms with Crippen molar-refractivity contribution in [1.29, 1.82) is 0 Å². The van der Waals surface area contributed by atoms with Gasteiger partial charge in [0.25, 0.3) is 0 Å². The molecule has 2 aliphatic rings. The molecule has 0 aromatic heterocycles. The second-order valence-electron chi connectivity index (χ2n) is 5.38. The van der Waals surface area contributed by atoms with Gasteiger partial charge in [-0.2, -0.15) is 0 Å². The van der Waals surface area contributed by atoms with Crippen LogP contribution >= 0.6 is 0 Å². The molecule has 4 nitrogen and oxygen atoms in total. The summed E-state index contributed by atoms with van der Waals surface area (Å²) in [6, 6.07) is 4.57. The molecule has 0 spiro atoms. The summed E-state index contributed by atoms with van der Waals surface area (Å²) < 4.78 is 18.8. The van der Waals surface area contributed by atoms with Crippen molar-refractivity contribution in [2.45, 2.75) is 19.3 Å². The third-order valence-corrected chi connectivity index (χ3v) is 4.04. The zero-order valence-corrected chi connectivity index (χ0v) is 11.4. The number of hydrogen-bond donors (Lipinski definition) is 1. The molecule has 20 heavy (non-hydrogen) atoms. The maximum absolute atomic E-state index is 13.5. The van der Waals surface area contributed by atoms with E-state index >= 15 is 0 Å². The number of carbonyl (C=O) groups is 1. The quantitative estimate of drug-likeness (QED) is 0.923. The van der Waals surface area contributed by atoms with E-state index in [0.717, 1.165) is 38.0 Å². The number of morpholine rings is 1. The first-order chi connectivity index (χ1) is 9.74. The fraction of sp³-hybridized carbons (Fsp3) is 0.533. The van der Waals surface area contributed by atoms with Gasteiger partial charge in [-0.15, -0.1) is 0 Å². The van der Waals surface area contributed by atoms with Crippen molar-refractivity contribution >= 4 is 17.3 Å². The van der Waals surface area contributed by atoms with Crippen LogP contribution < -0.4 is 10.2 Å². The highest BCUT2D eigenvalue weighted by Crippen LogP contribution is 2.31. The van der Waals surface area contributed by atoms with Crippen LogP contribution in [0.5, 0.6) is 0 Å². The Kier molecular flexibility index (Phi) is 3.87. The van der Waals surface area contributed by atoms with E-state index < -0.39 is 0 Å². The normalized spacial score (nSPS) is 19.6. The van der Waals surface area contributed by atoms with Gasteiger partial charge in [0.1, 0.15) is 5.82 Å². The molecule has 3 rings (SSSR count). The Balaban J connectivity index is 1.79. The third kappa shape index (κ3) is 2.77. The van der Waals surface area contributed by atoms with Gasteiger partial charge in [-0.3, -0.25) is 4.79 Å². The molecule has 1 saturated heterocycles. The number of ether oxygens (including phenoxy) is 1. The SMILES string of the molecule is O=C(Nc1cc(F)ccc1N1CCOCC1)C1CCC1. The molecular formula is C15H19FN2O2. The maximum atomic E-state index is 13.5.